The minimum atomic E-state index is -2.10. The lowest BCUT2D eigenvalue weighted by molar-refractivity contribution is -0.163. The molecule has 0 spiro atoms. The first kappa shape index (κ1) is 19.2. The minimum Gasteiger partial charge on any atom is -0.504 e. The predicted molar refractivity (Wildman–Crippen MR) is 93.9 cm³/mol. The van der Waals surface area contributed by atoms with Crippen LogP contribution < -0.4 is 9.47 Å². The number of aliphatic hydroxyl groups excluding tert-OH is 1. The normalized spacial score (nSPS) is 27.5. The van der Waals surface area contributed by atoms with E-state index in [0.717, 1.165) is 0 Å². The summed E-state index contributed by atoms with van der Waals surface area (Å²) in [6.07, 6.45) is -1.10. The number of ether oxygens (including phenoxy) is 3. The van der Waals surface area contributed by atoms with E-state index in [1.54, 1.807) is 0 Å². The molecule has 3 unspecified atom stereocenters. The Kier molecular flexibility index (Phi) is 4.92. The lowest BCUT2D eigenvalue weighted by Gasteiger charge is -2.38. The Morgan fingerprint density at radius 3 is 2.19 bits per heavy atom. The van der Waals surface area contributed by atoms with E-state index in [2.05, 4.69) is 0 Å². The Morgan fingerprint density at radius 1 is 1.00 bits per heavy atom. The summed E-state index contributed by atoms with van der Waals surface area (Å²) in [6.45, 7) is -1.12. The molecule has 1 aliphatic rings. The van der Waals surface area contributed by atoms with Crippen LogP contribution in [0.3, 0.4) is 0 Å². The second-order valence-corrected chi connectivity index (χ2v) is 6.45. The molecule has 1 fully saturated rings. The van der Waals surface area contributed by atoms with Crippen LogP contribution in [-0.2, 0) is 10.3 Å². The van der Waals surface area contributed by atoms with Crippen LogP contribution in [0.15, 0.2) is 36.4 Å². The highest BCUT2D eigenvalue weighted by molar-refractivity contribution is 5.47. The van der Waals surface area contributed by atoms with Gasteiger partial charge >= 0.3 is 0 Å². The fraction of sp³-hybridized carbons (Fsp3) is 0.368. The van der Waals surface area contributed by atoms with E-state index in [9.17, 15) is 25.5 Å². The number of methoxy groups -OCH3 is 2. The number of aliphatic hydroxyl groups is 3. The number of hydrogen-bond donors (Lipinski definition) is 5. The minimum absolute atomic E-state index is 0.0923. The maximum atomic E-state index is 11.3. The van der Waals surface area contributed by atoms with E-state index >= 15 is 0 Å². The average Bonchev–Trinajstić information content (AvgIpc) is 2.95. The van der Waals surface area contributed by atoms with E-state index in [0.29, 0.717) is 5.56 Å². The summed E-state index contributed by atoms with van der Waals surface area (Å²) in [4.78, 5) is 0. The van der Waals surface area contributed by atoms with Gasteiger partial charge in [0.15, 0.2) is 28.6 Å². The van der Waals surface area contributed by atoms with Gasteiger partial charge in [-0.05, 0) is 35.4 Å². The topological polar surface area (TPSA) is 129 Å². The molecule has 5 N–H and O–H groups in total. The summed E-state index contributed by atoms with van der Waals surface area (Å²) >= 11 is 0. The second-order valence-electron chi connectivity index (χ2n) is 6.45. The molecule has 8 heteroatoms. The van der Waals surface area contributed by atoms with Crippen molar-refractivity contribution in [2.24, 2.45) is 0 Å². The summed E-state index contributed by atoms with van der Waals surface area (Å²) in [6, 6.07) is 8.45. The van der Waals surface area contributed by atoms with Crippen molar-refractivity contribution in [2.75, 3.05) is 27.4 Å². The lowest BCUT2D eigenvalue weighted by Crippen LogP contribution is -2.54. The van der Waals surface area contributed by atoms with Gasteiger partial charge in [-0.3, -0.25) is 0 Å². The van der Waals surface area contributed by atoms with Gasteiger partial charge < -0.3 is 39.7 Å². The van der Waals surface area contributed by atoms with E-state index in [1.165, 1.54) is 50.6 Å². The van der Waals surface area contributed by atoms with Gasteiger partial charge in [0.1, 0.15) is 11.7 Å². The van der Waals surface area contributed by atoms with Crippen molar-refractivity contribution in [2.45, 2.75) is 17.3 Å². The summed E-state index contributed by atoms with van der Waals surface area (Å²) in [5.41, 5.74) is -3.46. The lowest BCUT2D eigenvalue weighted by atomic mass is 9.75. The maximum Gasteiger partial charge on any atom is 0.160 e. The molecule has 0 bridgehead atoms. The van der Waals surface area contributed by atoms with Crippen molar-refractivity contribution in [3.05, 3.63) is 47.5 Å². The van der Waals surface area contributed by atoms with E-state index in [1.807, 2.05) is 0 Å². The molecule has 3 atom stereocenters. The van der Waals surface area contributed by atoms with Crippen LogP contribution in [0.4, 0.5) is 0 Å². The first-order valence-corrected chi connectivity index (χ1v) is 8.22. The van der Waals surface area contributed by atoms with E-state index in [-0.39, 0.29) is 35.2 Å². The van der Waals surface area contributed by atoms with Gasteiger partial charge in [-0.15, -0.1) is 0 Å². The number of benzene rings is 2. The van der Waals surface area contributed by atoms with E-state index in [4.69, 9.17) is 14.2 Å². The molecule has 3 rings (SSSR count). The molecule has 0 saturated carbocycles. The molecule has 146 valence electrons. The third-order valence-electron chi connectivity index (χ3n) is 5.01. The van der Waals surface area contributed by atoms with Gasteiger partial charge in [0.2, 0.25) is 0 Å². The van der Waals surface area contributed by atoms with Gasteiger partial charge in [0.05, 0.1) is 27.4 Å². The Balaban J connectivity index is 2.07. The summed E-state index contributed by atoms with van der Waals surface area (Å²) in [5, 5.41) is 52.0. The number of aromatic hydroxyl groups is 2. The van der Waals surface area contributed by atoms with Crippen LogP contribution >= 0.6 is 0 Å². The Morgan fingerprint density at radius 2 is 1.59 bits per heavy atom. The highest BCUT2D eigenvalue weighted by Crippen LogP contribution is 2.51. The van der Waals surface area contributed by atoms with E-state index < -0.39 is 23.9 Å². The molecule has 1 heterocycles. The Bertz CT molecular complexity index is 838. The van der Waals surface area contributed by atoms with Crippen molar-refractivity contribution in [1.82, 2.24) is 0 Å². The molecule has 2 aromatic rings. The fourth-order valence-electron chi connectivity index (χ4n) is 3.39. The molecule has 2 aromatic carbocycles. The third-order valence-corrected chi connectivity index (χ3v) is 5.01. The number of phenolic OH excluding ortho intramolecular Hbond substituents is 2. The molecule has 0 aromatic heterocycles. The van der Waals surface area contributed by atoms with Gasteiger partial charge in [0, 0.05) is 0 Å². The monoisotopic (exact) mass is 378 g/mol. The van der Waals surface area contributed by atoms with Crippen molar-refractivity contribution in [3.63, 3.8) is 0 Å². The third kappa shape index (κ3) is 2.87. The number of rotatable bonds is 5. The van der Waals surface area contributed by atoms with Crippen molar-refractivity contribution >= 4 is 0 Å². The van der Waals surface area contributed by atoms with Crippen LogP contribution in [0.25, 0.3) is 0 Å². The van der Waals surface area contributed by atoms with Crippen LogP contribution in [0, 0.1) is 0 Å². The van der Waals surface area contributed by atoms with Gasteiger partial charge in [-0.1, -0.05) is 12.1 Å². The Labute approximate surface area is 155 Å². The smallest absolute Gasteiger partial charge is 0.160 e. The molecule has 0 radical (unpaired) electrons. The number of hydrogen-bond acceptors (Lipinski definition) is 8. The summed E-state index contributed by atoms with van der Waals surface area (Å²) in [5.74, 6) is 0.0514. The first-order valence-electron chi connectivity index (χ1n) is 8.22. The van der Waals surface area contributed by atoms with Gasteiger partial charge in [0.25, 0.3) is 0 Å². The van der Waals surface area contributed by atoms with Crippen molar-refractivity contribution in [3.8, 4) is 23.0 Å². The second kappa shape index (κ2) is 6.90. The van der Waals surface area contributed by atoms with Crippen molar-refractivity contribution < 1.29 is 39.7 Å². The zero-order valence-electron chi connectivity index (χ0n) is 14.9. The highest BCUT2D eigenvalue weighted by Gasteiger charge is 2.61. The first-order chi connectivity index (χ1) is 12.8. The Hall–Kier alpha value is -2.52. The van der Waals surface area contributed by atoms with Crippen molar-refractivity contribution in [1.29, 1.82) is 0 Å². The quantitative estimate of drug-likeness (QED) is 0.517. The SMILES string of the molecule is COc1cc(C2OCC(O)(c3ccc(O)c(OC)c3)C2(O)CO)ccc1O. The van der Waals surface area contributed by atoms with Crippen LogP contribution in [-0.4, -0.2) is 58.6 Å². The zero-order chi connectivity index (χ0) is 19.8. The van der Waals surface area contributed by atoms with Crippen LogP contribution in [0.2, 0.25) is 0 Å². The average molecular weight is 378 g/mol. The molecular weight excluding hydrogens is 356 g/mol. The van der Waals surface area contributed by atoms with Crippen LogP contribution in [0.1, 0.15) is 17.2 Å². The standard InChI is InChI=1S/C19H22O8/c1-25-15-7-11(3-5-13(15)21)17-18(23,9-20)19(24,10-27-17)12-4-6-14(22)16(8-12)26-2/h3-8,17,20-24H,9-10H2,1-2H3. The van der Waals surface area contributed by atoms with Gasteiger partial charge in [-0.25, -0.2) is 0 Å². The number of phenols is 2. The molecular formula is C19H22O8. The summed E-state index contributed by atoms with van der Waals surface area (Å²) < 4.78 is 15.8. The largest absolute Gasteiger partial charge is 0.504 e. The predicted octanol–water partition coefficient (Wildman–Crippen LogP) is 0.797. The molecule has 8 nitrogen and oxygen atoms in total. The highest BCUT2D eigenvalue weighted by atomic mass is 16.5. The molecule has 0 amide bonds. The maximum absolute atomic E-state index is 11.3. The molecule has 1 aliphatic heterocycles. The fourth-order valence-corrected chi connectivity index (χ4v) is 3.39. The molecule has 1 saturated heterocycles. The molecule has 0 aliphatic carbocycles. The zero-order valence-corrected chi connectivity index (χ0v) is 14.9. The van der Waals surface area contributed by atoms with Gasteiger partial charge in [-0.2, -0.15) is 0 Å². The summed E-state index contributed by atoms with van der Waals surface area (Å²) in [7, 11) is 2.74. The van der Waals surface area contributed by atoms with Crippen LogP contribution in [0.5, 0.6) is 23.0 Å². The molecule has 27 heavy (non-hydrogen) atoms.